The number of fused-ring (bicyclic) bond motifs is 1. The Hall–Kier alpha value is -3.60. The number of aliphatic imine (C=N–C) groups is 1. The van der Waals surface area contributed by atoms with Crippen molar-refractivity contribution in [1.82, 2.24) is 14.8 Å². The van der Waals surface area contributed by atoms with Crippen molar-refractivity contribution < 1.29 is 22.6 Å². The molecule has 0 saturated heterocycles. The highest BCUT2D eigenvalue weighted by atomic mass is 32.1. The predicted molar refractivity (Wildman–Crippen MR) is 125 cm³/mol. The van der Waals surface area contributed by atoms with E-state index in [-0.39, 0.29) is 17.4 Å². The van der Waals surface area contributed by atoms with E-state index in [4.69, 9.17) is 9.47 Å². The van der Waals surface area contributed by atoms with Crippen molar-refractivity contribution in [1.29, 1.82) is 0 Å². The highest BCUT2D eigenvalue weighted by Gasteiger charge is 2.39. The number of methoxy groups -OCH3 is 2. The van der Waals surface area contributed by atoms with Crippen molar-refractivity contribution in [3.05, 3.63) is 69.6 Å². The lowest BCUT2D eigenvalue weighted by Crippen LogP contribution is -2.21. The molecule has 0 fully saturated rings. The Bertz CT molecular complexity index is 1390. The first-order valence-electron chi connectivity index (χ1n) is 10.2. The maximum atomic E-state index is 13.8. The molecule has 7 nitrogen and oxygen atoms in total. The van der Waals surface area contributed by atoms with Gasteiger partial charge >= 0.3 is 6.18 Å². The molecule has 0 atom stereocenters. The van der Waals surface area contributed by atoms with Gasteiger partial charge in [-0.2, -0.15) is 17.9 Å². The van der Waals surface area contributed by atoms with Crippen molar-refractivity contribution in [3.63, 3.8) is 0 Å². The molecule has 4 aromatic rings. The zero-order valence-corrected chi connectivity index (χ0v) is 19.4. The summed E-state index contributed by atoms with van der Waals surface area (Å²) in [6, 6.07) is 12.4. The number of benzene rings is 2. The van der Waals surface area contributed by atoms with Gasteiger partial charge in [-0.15, -0.1) is 0 Å². The van der Waals surface area contributed by atoms with Crippen molar-refractivity contribution >= 4 is 27.3 Å². The molecular weight excluding hydrogens is 469 g/mol. The molecule has 0 aliphatic carbocycles. The summed E-state index contributed by atoms with van der Waals surface area (Å²) in [5.41, 5.74) is -1.05. The quantitative estimate of drug-likeness (QED) is 0.375. The molecule has 2 aromatic carbocycles. The van der Waals surface area contributed by atoms with Crippen LogP contribution in [0.1, 0.15) is 23.7 Å². The Kier molecular flexibility index (Phi) is 6.47. The third-order valence-electron chi connectivity index (χ3n) is 5.21. The number of H-pyrrole nitrogens is 1. The fraction of sp³-hybridized carbons (Fsp3) is 0.261. The number of nitrogens with one attached hydrogen (secondary N) is 1. The van der Waals surface area contributed by atoms with E-state index in [0.717, 1.165) is 26.3 Å². The van der Waals surface area contributed by atoms with E-state index in [9.17, 15) is 18.0 Å². The molecule has 178 valence electrons. The van der Waals surface area contributed by atoms with Crippen molar-refractivity contribution in [2.24, 2.45) is 4.99 Å². The standard InChI is InChI=1S/C23H21F3N4O3S/c1-13(27-11-10-14-8-9-16(32-2)17(12-14)33-3)19-20(23(24,25)26)29-30(21(19)31)22-28-15-6-4-5-7-18(15)34-22/h4-9,12,29H,10-11H2,1-3H3. The molecule has 0 amide bonds. The van der Waals surface area contributed by atoms with Gasteiger partial charge in [0.2, 0.25) is 5.13 Å². The van der Waals surface area contributed by atoms with Crippen LogP contribution in [0, 0.1) is 0 Å². The molecule has 2 heterocycles. The second kappa shape index (κ2) is 9.34. The lowest BCUT2D eigenvalue weighted by atomic mass is 10.1. The van der Waals surface area contributed by atoms with Crippen molar-refractivity contribution in [2.75, 3.05) is 20.8 Å². The second-order valence-corrected chi connectivity index (χ2v) is 8.38. The highest BCUT2D eigenvalue weighted by Crippen LogP contribution is 2.31. The molecule has 4 rings (SSSR count). The number of thiazole rings is 1. The van der Waals surface area contributed by atoms with Crippen molar-refractivity contribution in [2.45, 2.75) is 19.5 Å². The van der Waals surface area contributed by atoms with E-state index in [1.165, 1.54) is 21.1 Å². The minimum absolute atomic E-state index is 0.00564. The Morgan fingerprint density at radius 3 is 2.56 bits per heavy atom. The van der Waals surface area contributed by atoms with Gasteiger partial charge in [-0.25, -0.2) is 4.98 Å². The zero-order valence-electron chi connectivity index (χ0n) is 18.6. The van der Waals surface area contributed by atoms with E-state index in [1.807, 2.05) is 6.07 Å². The molecule has 0 saturated carbocycles. The summed E-state index contributed by atoms with van der Waals surface area (Å²) in [4.78, 5) is 21.6. The van der Waals surface area contributed by atoms with E-state index in [1.54, 1.807) is 36.4 Å². The van der Waals surface area contributed by atoms with E-state index in [2.05, 4.69) is 15.1 Å². The summed E-state index contributed by atoms with van der Waals surface area (Å²) in [6.07, 6.45) is -4.33. The fourth-order valence-corrected chi connectivity index (χ4v) is 4.46. The molecule has 0 radical (unpaired) electrons. The average molecular weight is 491 g/mol. The lowest BCUT2D eigenvalue weighted by molar-refractivity contribution is -0.141. The molecule has 0 bridgehead atoms. The monoisotopic (exact) mass is 490 g/mol. The minimum atomic E-state index is -4.77. The van der Waals surface area contributed by atoms with Crippen LogP contribution in [-0.4, -0.2) is 41.2 Å². The van der Waals surface area contributed by atoms with Crippen LogP contribution in [0.2, 0.25) is 0 Å². The van der Waals surface area contributed by atoms with Crippen LogP contribution in [0.25, 0.3) is 15.3 Å². The first kappa shape index (κ1) is 23.6. The van der Waals surface area contributed by atoms with Gasteiger partial charge in [0, 0.05) is 12.3 Å². The Balaban J connectivity index is 1.66. The van der Waals surface area contributed by atoms with Gasteiger partial charge in [-0.1, -0.05) is 29.5 Å². The van der Waals surface area contributed by atoms with Crippen LogP contribution in [0.4, 0.5) is 13.2 Å². The molecule has 0 unspecified atom stereocenters. The van der Waals surface area contributed by atoms with E-state index in [0.29, 0.717) is 23.4 Å². The average Bonchev–Trinajstić information content (AvgIpc) is 3.39. The summed E-state index contributed by atoms with van der Waals surface area (Å²) in [5.74, 6) is 1.12. The number of hydrogen-bond acceptors (Lipinski definition) is 6. The number of aromatic nitrogens is 3. The molecule has 0 spiro atoms. The van der Waals surface area contributed by atoms with E-state index >= 15 is 0 Å². The van der Waals surface area contributed by atoms with Gasteiger partial charge in [-0.05, 0) is 43.2 Å². The largest absolute Gasteiger partial charge is 0.493 e. The molecule has 11 heteroatoms. The number of aromatic amines is 1. The van der Waals surface area contributed by atoms with Crippen LogP contribution >= 0.6 is 11.3 Å². The molecule has 2 aromatic heterocycles. The normalized spacial score (nSPS) is 12.4. The second-order valence-electron chi connectivity index (χ2n) is 7.37. The van der Waals surface area contributed by atoms with Gasteiger partial charge in [-0.3, -0.25) is 14.9 Å². The number of halogens is 3. The van der Waals surface area contributed by atoms with Crippen LogP contribution in [0.3, 0.4) is 0 Å². The number of ether oxygens (including phenoxy) is 2. The number of nitrogens with zero attached hydrogens (tertiary/aromatic N) is 3. The van der Waals surface area contributed by atoms with Crippen LogP contribution in [-0.2, 0) is 12.6 Å². The Morgan fingerprint density at radius 1 is 1.15 bits per heavy atom. The first-order valence-corrected chi connectivity index (χ1v) is 11.0. The summed E-state index contributed by atoms with van der Waals surface area (Å²) < 4.78 is 53.4. The maximum absolute atomic E-state index is 13.8. The molecule has 34 heavy (non-hydrogen) atoms. The predicted octanol–water partition coefficient (Wildman–Crippen LogP) is 4.86. The van der Waals surface area contributed by atoms with Crippen LogP contribution in [0.5, 0.6) is 11.5 Å². The lowest BCUT2D eigenvalue weighted by Gasteiger charge is -2.09. The summed E-state index contributed by atoms with van der Waals surface area (Å²) in [5, 5.41) is 2.33. The van der Waals surface area contributed by atoms with Crippen LogP contribution < -0.4 is 15.0 Å². The zero-order chi connectivity index (χ0) is 24.5. The Morgan fingerprint density at radius 2 is 1.88 bits per heavy atom. The number of alkyl halides is 3. The molecular formula is C23H21F3N4O3S. The SMILES string of the molecule is COc1ccc(CCN=C(C)c2c(C(F)(F)F)[nH]n(-c3nc4ccccc4s3)c2=O)cc1OC. The van der Waals surface area contributed by atoms with E-state index < -0.39 is 23.0 Å². The fourth-order valence-electron chi connectivity index (χ4n) is 3.54. The molecule has 0 aliphatic heterocycles. The van der Waals surface area contributed by atoms with Gasteiger partial charge in [0.1, 0.15) is 0 Å². The van der Waals surface area contributed by atoms with Crippen LogP contribution in [0.15, 0.2) is 52.3 Å². The Labute approximate surface area is 196 Å². The third kappa shape index (κ3) is 4.56. The topological polar surface area (TPSA) is 81.5 Å². The van der Waals surface area contributed by atoms with Gasteiger partial charge < -0.3 is 9.47 Å². The third-order valence-corrected chi connectivity index (χ3v) is 6.23. The smallest absolute Gasteiger partial charge is 0.433 e. The molecule has 0 aliphatic rings. The minimum Gasteiger partial charge on any atom is -0.493 e. The first-order chi connectivity index (χ1) is 16.2. The number of rotatable bonds is 7. The highest BCUT2D eigenvalue weighted by molar-refractivity contribution is 7.20. The number of hydrogen-bond donors (Lipinski definition) is 1. The van der Waals surface area contributed by atoms with Gasteiger partial charge in [0.15, 0.2) is 17.2 Å². The number of para-hydroxylation sites is 1. The summed E-state index contributed by atoms with van der Waals surface area (Å²) in [7, 11) is 3.05. The maximum Gasteiger partial charge on any atom is 0.433 e. The summed E-state index contributed by atoms with van der Waals surface area (Å²) in [6.45, 7) is 1.58. The van der Waals surface area contributed by atoms with Gasteiger partial charge in [0.25, 0.3) is 5.56 Å². The van der Waals surface area contributed by atoms with Gasteiger partial charge in [0.05, 0.1) is 30.0 Å². The van der Waals surface area contributed by atoms with Crippen molar-refractivity contribution in [3.8, 4) is 16.6 Å². The molecule has 1 N–H and O–H groups in total. The summed E-state index contributed by atoms with van der Waals surface area (Å²) >= 11 is 1.12.